The minimum Gasteiger partial charge on any atom is -0.496 e. The molecule has 0 saturated carbocycles. The molecule has 0 spiro atoms. The zero-order chi connectivity index (χ0) is 13.1. The molecule has 96 valence electrons. The molecule has 1 aliphatic rings. The van der Waals surface area contributed by atoms with Gasteiger partial charge in [-0.05, 0) is 49.0 Å². The third-order valence-corrected chi connectivity index (χ3v) is 3.61. The molecule has 0 fully saturated rings. The van der Waals surface area contributed by atoms with Gasteiger partial charge < -0.3 is 4.74 Å². The molecule has 3 heteroatoms. The Balaban J connectivity index is 2.31. The Hall–Kier alpha value is -1.28. The zero-order valence-electron chi connectivity index (χ0n) is 10.7. The average Bonchev–Trinajstić information content (AvgIpc) is 2.39. The summed E-state index contributed by atoms with van der Waals surface area (Å²) in [6.07, 6.45) is 4.94. The lowest BCUT2D eigenvalue weighted by atomic mass is 9.87. The van der Waals surface area contributed by atoms with Gasteiger partial charge in [0.15, 0.2) is 5.78 Å². The summed E-state index contributed by atoms with van der Waals surface area (Å²) in [7, 11) is 1.57. The molecular weight excluding hydrogens is 248 g/mol. The van der Waals surface area contributed by atoms with Crippen LogP contribution in [0.1, 0.15) is 36.5 Å². The van der Waals surface area contributed by atoms with Crippen molar-refractivity contribution in [1.29, 1.82) is 0 Å². The van der Waals surface area contributed by atoms with E-state index in [1.165, 1.54) is 0 Å². The van der Waals surface area contributed by atoms with E-state index in [0.717, 1.165) is 24.8 Å². The number of ketones is 1. The maximum absolute atomic E-state index is 12.4. The van der Waals surface area contributed by atoms with Crippen molar-refractivity contribution >= 4 is 17.4 Å². The van der Waals surface area contributed by atoms with Crippen molar-refractivity contribution in [2.24, 2.45) is 5.92 Å². The van der Waals surface area contributed by atoms with Crippen LogP contribution in [0.15, 0.2) is 29.8 Å². The van der Waals surface area contributed by atoms with Gasteiger partial charge in [0, 0.05) is 5.02 Å². The molecule has 2 nitrogen and oxygen atoms in total. The first-order valence-corrected chi connectivity index (χ1v) is 6.57. The van der Waals surface area contributed by atoms with Crippen LogP contribution < -0.4 is 4.74 Å². The number of ether oxygens (including phenoxy) is 1. The zero-order valence-corrected chi connectivity index (χ0v) is 11.5. The largest absolute Gasteiger partial charge is 0.496 e. The molecule has 0 aliphatic heterocycles. The minimum atomic E-state index is 0.0428. The SMILES string of the molecule is COc1ccc(Cl)cc1C(=O)C1=CCC(C)CC1. The number of carbonyl (C=O) groups is 1. The van der Waals surface area contributed by atoms with Gasteiger partial charge in [0.25, 0.3) is 0 Å². The number of rotatable bonds is 3. The summed E-state index contributed by atoms with van der Waals surface area (Å²) in [4.78, 5) is 12.4. The molecule has 0 saturated heterocycles. The van der Waals surface area contributed by atoms with Gasteiger partial charge in [-0.25, -0.2) is 0 Å². The van der Waals surface area contributed by atoms with Crippen LogP contribution in [0.4, 0.5) is 0 Å². The van der Waals surface area contributed by atoms with Crippen LogP contribution in [0.5, 0.6) is 5.75 Å². The molecule has 0 heterocycles. The fraction of sp³-hybridized carbons (Fsp3) is 0.400. The summed E-state index contributed by atoms with van der Waals surface area (Å²) < 4.78 is 5.23. The van der Waals surface area contributed by atoms with Gasteiger partial charge in [0.05, 0.1) is 12.7 Å². The lowest BCUT2D eigenvalue weighted by Gasteiger charge is -2.18. The summed E-state index contributed by atoms with van der Waals surface area (Å²) in [6, 6.07) is 5.15. The van der Waals surface area contributed by atoms with E-state index in [-0.39, 0.29) is 5.78 Å². The summed E-state index contributed by atoms with van der Waals surface area (Å²) in [5, 5.41) is 0.559. The highest BCUT2D eigenvalue weighted by Gasteiger charge is 2.20. The molecule has 0 N–H and O–H groups in total. The smallest absolute Gasteiger partial charge is 0.192 e. The van der Waals surface area contributed by atoms with E-state index in [1.54, 1.807) is 25.3 Å². The highest BCUT2D eigenvalue weighted by atomic mass is 35.5. The first-order chi connectivity index (χ1) is 8.61. The lowest BCUT2D eigenvalue weighted by molar-refractivity contribution is 0.102. The van der Waals surface area contributed by atoms with Gasteiger partial charge in [-0.15, -0.1) is 0 Å². The Morgan fingerprint density at radius 2 is 2.22 bits per heavy atom. The average molecular weight is 265 g/mol. The van der Waals surface area contributed by atoms with Crippen LogP contribution >= 0.6 is 11.6 Å². The van der Waals surface area contributed by atoms with E-state index in [4.69, 9.17) is 16.3 Å². The molecule has 1 atom stereocenters. The van der Waals surface area contributed by atoms with Crippen molar-refractivity contribution in [2.75, 3.05) is 7.11 Å². The second-order valence-electron chi connectivity index (χ2n) is 4.78. The first-order valence-electron chi connectivity index (χ1n) is 6.19. The lowest BCUT2D eigenvalue weighted by Crippen LogP contribution is -2.11. The summed E-state index contributed by atoms with van der Waals surface area (Å²) in [6.45, 7) is 2.21. The fourth-order valence-electron chi connectivity index (χ4n) is 2.20. The normalized spacial score (nSPS) is 19.3. The van der Waals surface area contributed by atoms with Gasteiger partial charge in [0.2, 0.25) is 0 Å². The van der Waals surface area contributed by atoms with Gasteiger partial charge in [-0.2, -0.15) is 0 Å². The van der Waals surface area contributed by atoms with Crippen molar-refractivity contribution in [1.82, 2.24) is 0 Å². The molecular formula is C15H17ClO2. The number of methoxy groups -OCH3 is 1. The van der Waals surface area contributed by atoms with E-state index in [1.807, 2.05) is 0 Å². The highest BCUT2D eigenvalue weighted by Crippen LogP contribution is 2.30. The van der Waals surface area contributed by atoms with Crippen LogP contribution in [0.2, 0.25) is 5.02 Å². The third kappa shape index (κ3) is 2.75. The van der Waals surface area contributed by atoms with Crippen LogP contribution in [-0.2, 0) is 0 Å². The predicted molar refractivity (Wildman–Crippen MR) is 73.4 cm³/mol. The van der Waals surface area contributed by atoms with Crippen LogP contribution in [-0.4, -0.2) is 12.9 Å². The van der Waals surface area contributed by atoms with E-state index in [2.05, 4.69) is 13.0 Å². The summed E-state index contributed by atoms with van der Waals surface area (Å²) >= 11 is 5.95. The summed E-state index contributed by atoms with van der Waals surface area (Å²) in [5.74, 6) is 1.30. The first kappa shape index (κ1) is 13.2. The van der Waals surface area contributed by atoms with Gasteiger partial charge >= 0.3 is 0 Å². The number of Topliss-reactive ketones (excluding diaryl/α,β-unsaturated/α-hetero) is 1. The maximum atomic E-state index is 12.4. The van der Waals surface area contributed by atoms with Gasteiger partial charge in [-0.1, -0.05) is 24.6 Å². The van der Waals surface area contributed by atoms with E-state index in [9.17, 15) is 4.79 Å². The Bertz CT molecular complexity index is 491. The van der Waals surface area contributed by atoms with E-state index >= 15 is 0 Å². The van der Waals surface area contributed by atoms with Crippen LogP contribution in [0, 0.1) is 5.92 Å². The molecule has 2 rings (SSSR count). The number of hydrogen-bond acceptors (Lipinski definition) is 2. The van der Waals surface area contributed by atoms with Gasteiger partial charge in [-0.3, -0.25) is 4.79 Å². The molecule has 0 amide bonds. The fourth-order valence-corrected chi connectivity index (χ4v) is 2.37. The molecule has 1 aromatic rings. The van der Waals surface area contributed by atoms with Crippen molar-refractivity contribution in [2.45, 2.75) is 26.2 Å². The molecule has 0 radical (unpaired) electrons. The Morgan fingerprint density at radius 1 is 1.44 bits per heavy atom. The molecule has 18 heavy (non-hydrogen) atoms. The molecule has 0 bridgehead atoms. The standard InChI is InChI=1S/C15H17ClO2/c1-10-3-5-11(6-4-10)15(17)13-9-12(16)7-8-14(13)18-2/h5,7-10H,3-4,6H2,1-2H3. The topological polar surface area (TPSA) is 26.3 Å². The summed E-state index contributed by atoms with van der Waals surface area (Å²) in [5.41, 5.74) is 1.44. The number of benzene rings is 1. The number of carbonyl (C=O) groups excluding carboxylic acids is 1. The van der Waals surface area contributed by atoms with Crippen molar-refractivity contribution in [3.8, 4) is 5.75 Å². The second-order valence-corrected chi connectivity index (χ2v) is 5.22. The predicted octanol–water partition coefficient (Wildman–Crippen LogP) is 4.28. The number of allylic oxidation sites excluding steroid dienone is 2. The van der Waals surface area contributed by atoms with E-state index in [0.29, 0.717) is 22.3 Å². The maximum Gasteiger partial charge on any atom is 0.192 e. The molecule has 1 aromatic carbocycles. The number of halogens is 1. The second kappa shape index (κ2) is 5.57. The minimum absolute atomic E-state index is 0.0428. The molecule has 0 aromatic heterocycles. The van der Waals surface area contributed by atoms with E-state index < -0.39 is 0 Å². The Morgan fingerprint density at radius 3 is 2.83 bits per heavy atom. The monoisotopic (exact) mass is 264 g/mol. The van der Waals surface area contributed by atoms with Crippen molar-refractivity contribution in [3.05, 3.63) is 40.4 Å². The highest BCUT2D eigenvalue weighted by molar-refractivity contribution is 6.31. The molecule has 1 unspecified atom stereocenters. The molecule has 1 aliphatic carbocycles. The third-order valence-electron chi connectivity index (χ3n) is 3.37. The van der Waals surface area contributed by atoms with Crippen LogP contribution in [0.3, 0.4) is 0 Å². The number of hydrogen-bond donors (Lipinski definition) is 0. The van der Waals surface area contributed by atoms with Crippen LogP contribution in [0.25, 0.3) is 0 Å². The van der Waals surface area contributed by atoms with Crippen molar-refractivity contribution in [3.63, 3.8) is 0 Å². The quantitative estimate of drug-likeness (QED) is 0.762. The van der Waals surface area contributed by atoms with Gasteiger partial charge in [0.1, 0.15) is 5.75 Å². The Kier molecular flexibility index (Phi) is 4.07. The van der Waals surface area contributed by atoms with Crippen molar-refractivity contribution < 1.29 is 9.53 Å². The Labute approximate surface area is 113 Å².